The lowest BCUT2D eigenvalue weighted by molar-refractivity contribution is -0.132. The maximum absolute atomic E-state index is 6.10. The van der Waals surface area contributed by atoms with E-state index in [-0.39, 0.29) is 11.5 Å². The van der Waals surface area contributed by atoms with Crippen LogP contribution in [0.2, 0.25) is 0 Å². The minimum absolute atomic E-state index is 0.00252. The van der Waals surface area contributed by atoms with Gasteiger partial charge in [-0.15, -0.1) is 0 Å². The van der Waals surface area contributed by atoms with E-state index >= 15 is 0 Å². The van der Waals surface area contributed by atoms with Crippen molar-refractivity contribution in [3.05, 3.63) is 34.8 Å². The normalized spacial score (nSPS) is 25.1. The molecule has 2 heterocycles. The molecule has 0 aliphatic carbocycles. The van der Waals surface area contributed by atoms with Gasteiger partial charge in [0.1, 0.15) is 11.9 Å². The molecule has 0 aromatic heterocycles. The summed E-state index contributed by atoms with van der Waals surface area (Å²) in [4.78, 5) is 0. The van der Waals surface area contributed by atoms with Gasteiger partial charge < -0.3 is 9.47 Å². The highest BCUT2D eigenvalue weighted by Crippen LogP contribution is 2.52. The summed E-state index contributed by atoms with van der Waals surface area (Å²) in [6.45, 7) is 7.91. The second-order valence-corrected chi connectivity index (χ2v) is 5.70. The number of benzene rings is 1. The standard InChI is InChI=1S/C14H15BrO2/c1-3-13-14(7-16-8-14)9(2)11-6-10(15)4-5-12(11)17-13/h4-6,13H,2-3,7-8H2,1H3. The SMILES string of the molecule is C=C1c2cc(Br)ccc2OC(CC)C12COC2. The molecular formula is C14H15BrO2. The Morgan fingerprint density at radius 2 is 2.24 bits per heavy atom. The Balaban J connectivity index is 2.10. The Morgan fingerprint density at radius 1 is 1.47 bits per heavy atom. The molecule has 2 nitrogen and oxygen atoms in total. The molecule has 1 saturated heterocycles. The maximum Gasteiger partial charge on any atom is 0.127 e. The highest BCUT2D eigenvalue weighted by atomic mass is 79.9. The van der Waals surface area contributed by atoms with Gasteiger partial charge in [0.15, 0.2) is 0 Å². The van der Waals surface area contributed by atoms with E-state index in [1.165, 1.54) is 0 Å². The number of halogens is 1. The number of hydrogen-bond donors (Lipinski definition) is 0. The molecule has 1 aromatic rings. The molecule has 1 spiro atoms. The zero-order valence-electron chi connectivity index (χ0n) is 9.83. The predicted molar refractivity (Wildman–Crippen MR) is 71.1 cm³/mol. The van der Waals surface area contributed by atoms with Gasteiger partial charge in [0.05, 0.1) is 18.6 Å². The summed E-state index contributed by atoms with van der Waals surface area (Å²) in [5.41, 5.74) is 2.29. The monoisotopic (exact) mass is 294 g/mol. The summed E-state index contributed by atoms with van der Waals surface area (Å²) >= 11 is 3.50. The first-order valence-electron chi connectivity index (χ1n) is 5.91. The van der Waals surface area contributed by atoms with Crippen LogP contribution >= 0.6 is 15.9 Å². The minimum atomic E-state index is 0.00252. The van der Waals surface area contributed by atoms with Crippen molar-refractivity contribution in [1.29, 1.82) is 0 Å². The number of rotatable bonds is 1. The number of hydrogen-bond acceptors (Lipinski definition) is 2. The molecule has 0 radical (unpaired) electrons. The summed E-state index contributed by atoms with van der Waals surface area (Å²) in [6, 6.07) is 6.11. The van der Waals surface area contributed by atoms with Crippen molar-refractivity contribution in [2.24, 2.45) is 5.41 Å². The molecular weight excluding hydrogens is 280 g/mol. The van der Waals surface area contributed by atoms with Crippen LogP contribution in [0.4, 0.5) is 0 Å². The third-order valence-electron chi connectivity index (χ3n) is 3.84. The molecule has 0 bridgehead atoms. The minimum Gasteiger partial charge on any atom is -0.489 e. The van der Waals surface area contributed by atoms with Gasteiger partial charge in [-0.25, -0.2) is 0 Å². The Kier molecular flexibility index (Phi) is 2.56. The molecule has 3 rings (SSSR count). The first-order chi connectivity index (χ1) is 8.17. The van der Waals surface area contributed by atoms with Crippen molar-refractivity contribution in [3.63, 3.8) is 0 Å². The fraction of sp³-hybridized carbons (Fsp3) is 0.429. The van der Waals surface area contributed by atoms with Crippen molar-refractivity contribution < 1.29 is 9.47 Å². The van der Waals surface area contributed by atoms with Crippen LogP contribution in [0.5, 0.6) is 5.75 Å². The van der Waals surface area contributed by atoms with Crippen LogP contribution < -0.4 is 4.74 Å². The van der Waals surface area contributed by atoms with Gasteiger partial charge in [-0.1, -0.05) is 29.4 Å². The molecule has 0 amide bonds. The summed E-state index contributed by atoms with van der Waals surface area (Å²) in [7, 11) is 0. The molecule has 1 aromatic carbocycles. The van der Waals surface area contributed by atoms with E-state index in [0.29, 0.717) is 0 Å². The molecule has 0 N–H and O–H groups in total. The third kappa shape index (κ3) is 1.49. The molecule has 1 fully saturated rings. The maximum atomic E-state index is 6.10. The van der Waals surface area contributed by atoms with Crippen LogP contribution in [0, 0.1) is 5.41 Å². The summed E-state index contributed by atoms with van der Waals surface area (Å²) in [5, 5.41) is 0. The van der Waals surface area contributed by atoms with Crippen molar-refractivity contribution >= 4 is 21.5 Å². The van der Waals surface area contributed by atoms with Gasteiger partial charge in [-0.3, -0.25) is 0 Å². The van der Waals surface area contributed by atoms with Gasteiger partial charge in [-0.05, 0) is 30.2 Å². The average molecular weight is 295 g/mol. The van der Waals surface area contributed by atoms with Crippen LogP contribution in [-0.4, -0.2) is 19.3 Å². The molecule has 17 heavy (non-hydrogen) atoms. The highest BCUT2D eigenvalue weighted by Gasteiger charge is 2.52. The smallest absolute Gasteiger partial charge is 0.127 e. The number of fused-ring (bicyclic) bond motifs is 1. The zero-order valence-corrected chi connectivity index (χ0v) is 11.4. The Bertz CT molecular complexity index is 477. The van der Waals surface area contributed by atoms with E-state index in [1.807, 2.05) is 12.1 Å². The second-order valence-electron chi connectivity index (χ2n) is 4.78. The first-order valence-corrected chi connectivity index (χ1v) is 6.70. The largest absolute Gasteiger partial charge is 0.489 e. The van der Waals surface area contributed by atoms with E-state index in [0.717, 1.165) is 41.0 Å². The molecule has 2 aliphatic rings. The zero-order chi connectivity index (χ0) is 12.0. The van der Waals surface area contributed by atoms with E-state index in [4.69, 9.17) is 9.47 Å². The lowest BCUT2D eigenvalue weighted by Gasteiger charge is -2.51. The van der Waals surface area contributed by atoms with Gasteiger partial charge in [-0.2, -0.15) is 0 Å². The average Bonchev–Trinajstić information content (AvgIpc) is 2.27. The topological polar surface area (TPSA) is 18.5 Å². The Morgan fingerprint density at radius 3 is 2.82 bits per heavy atom. The molecule has 2 aliphatic heterocycles. The van der Waals surface area contributed by atoms with Gasteiger partial charge >= 0.3 is 0 Å². The summed E-state index contributed by atoms with van der Waals surface area (Å²) in [6.07, 6.45) is 1.18. The van der Waals surface area contributed by atoms with Crippen LogP contribution in [0.15, 0.2) is 29.3 Å². The van der Waals surface area contributed by atoms with Gasteiger partial charge in [0.25, 0.3) is 0 Å². The van der Waals surface area contributed by atoms with Crippen molar-refractivity contribution in [3.8, 4) is 5.75 Å². The van der Waals surface area contributed by atoms with E-state index < -0.39 is 0 Å². The molecule has 1 unspecified atom stereocenters. The van der Waals surface area contributed by atoms with E-state index in [1.54, 1.807) is 0 Å². The van der Waals surface area contributed by atoms with E-state index in [2.05, 4.69) is 35.5 Å². The molecule has 1 atom stereocenters. The molecule has 3 heteroatoms. The van der Waals surface area contributed by atoms with Crippen LogP contribution in [0.3, 0.4) is 0 Å². The second kappa shape index (κ2) is 3.85. The lowest BCUT2D eigenvalue weighted by atomic mass is 9.69. The van der Waals surface area contributed by atoms with Crippen molar-refractivity contribution in [2.75, 3.05) is 13.2 Å². The summed E-state index contributed by atoms with van der Waals surface area (Å²) in [5.74, 6) is 0.947. The quantitative estimate of drug-likeness (QED) is 0.787. The fourth-order valence-corrected chi connectivity index (χ4v) is 3.09. The Hall–Kier alpha value is -0.800. The summed E-state index contributed by atoms with van der Waals surface area (Å²) < 4.78 is 12.6. The van der Waals surface area contributed by atoms with Crippen molar-refractivity contribution in [2.45, 2.75) is 19.4 Å². The van der Waals surface area contributed by atoms with Gasteiger partial charge in [0.2, 0.25) is 0 Å². The van der Waals surface area contributed by atoms with Crippen molar-refractivity contribution in [1.82, 2.24) is 0 Å². The van der Waals surface area contributed by atoms with Crippen LogP contribution in [0.25, 0.3) is 5.57 Å². The third-order valence-corrected chi connectivity index (χ3v) is 4.34. The van der Waals surface area contributed by atoms with Crippen LogP contribution in [-0.2, 0) is 4.74 Å². The van der Waals surface area contributed by atoms with Crippen LogP contribution in [0.1, 0.15) is 18.9 Å². The first kappa shape index (κ1) is 11.3. The lowest BCUT2D eigenvalue weighted by Crippen LogP contribution is -2.55. The Labute approximate surface area is 110 Å². The highest BCUT2D eigenvalue weighted by molar-refractivity contribution is 9.10. The van der Waals surface area contributed by atoms with E-state index in [9.17, 15) is 0 Å². The number of ether oxygens (including phenoxy) is 2. The fourth-order valence-electron chi connectivity index (χ4n) is 2.73. The predicted octanol–water partition coefficient (Wildman–Crippen LogP) is 3.65. The molecule has 90 valence electrons. The molecule has 0 saturated carbocycles. The van der Waals surface area contributed by atoms with Gasteiger partial charge in [0, 0.05) is 10.0 Å².